The van der Waals surface area contributed by atoms with Gasteiger partial charge in [0.2, 0.25) is 11.6 Å². The summed E-state index contributed by atoms with van der Waals surface area (Å²) < 4.78 is 13.8. The average molecular weight is 407 g/mol. The van der Waals surface area contributed by atoms with Gasteiger partial charge in [0.05, 0.1) is 12.3 Å². The molecule has 1 N–H and O–H groups in total. The first-order chi connectivity index (χ1) is 13.2. The molecule has 1 fully saturated rings. The molecule has 153 valence electrons. The molecule has 0 saturated carbocycles. The zero-order valence-electron chi connectivity index (χ0n) is 16.8. The SMILES string of the molecule is CCC(C)(C)C(=O)C(=O)[CH]C(C(C(O)=S)c1cccc(F)c1)N1CCCCC1. The van der Waals surface area contributed by atoms with Gasteiger partial charge < -0.3 is 5.11 Å². The molecule has 4 nitrogen and oxygen atoms in total. The lowest BCUT2D eigenvalue weighted by Gasteiger charge is -2.38. The maximum Gasteiger partial charge on any atom is 0.204 e. The summed E-state index contributed by atoms with van der Waals surface area (Å²) in [6, 6.07) is 5.28. The van der Waals surface area contributed by atoms with Crippen molar-refractivity contribution >= 4 is 28.8 Å². The third kappa shape index (κ3) is 5.45. The molecule has 0 aliphatic carbocycles. The molecular weight excluding hydrogens is 377 g/mol. The van der Waals surface area contributed by atoms with Crippen LogP contribution in [0.1, 0.15) is 57.9 Å². The number of thiocarbonyl (C=S) groups is 1. The van der Waals surface area contributed by atoms with Crippen LogP contribution < -0.4 is 0 Å². The maximum absolute atomic E-state index is 13.8. The number of nitrogens with zero attached hydrogens (tertiary/aromatic N) is 1. The fourth-order valence-electron chi connectivity index (χ4n) is 3.54. The number of Topliss-reactive ketones (excluding diaryl/α,β-unsaturated/α-hetero) is 2. The number of likely N-dealkylation sites (tertiary alicyclic amines) is 1. The van der Waals surface area contributed by atoms with E-state index < -0.39 is 34.8 Å². The highest BCUT2D eigenvalue weighted by Gasteiger charge is 2.39. The third-order valence-electron chi connectivity index (χ3n) is 5.67. The molecule has 6 heteroatoms. The van der Waals surface area contributed by atoms with Gasteiger partial charge in [-0.05, 0) is 62.3 Å². The van der Waals surface area contributed by atoms with Crippen LogP contribution in [0.3, 0.4) is 0 Å². The van der Waals surface area contributed by atoms with Gasteiger partial charge in [0.1, 0.15) is 5.82 Å². The van der Waals surface area contributed by atoms with Crippen molar-refractivity contribution in [1.82, 2.24) is 4.90 Å². The molecule has 2 rings (SSSR count). The van der Waals surface area contributed by atoms with Gasteiger partial charge in [-0.25, -0.2) is 4.39 Å². The van der Waals surface area contributed by atoms with Crippen LogP contribution >= 0.6 is 12.2 Å². The van der Waals surface area contributed by atoms with E-state index in [2.05, 4.69) is 4.90 Å². The lowest BCUT2D eigenvalue weighted by Crippen LogP contribution is -2.47. The standard InChI is InChI=1S/C22H29FNO3S/c1-4-22(2,3)20(26)18(25)14-17(24-11-6-5-7-12-24)19(21(27)28)15-9-8-10-16(23)13-15/h8-10,13-14,17,19H,4-7,11-12H2,1-3H3,(H,27,28). The molecule has 1 aliphatic rings. The number of aliphatic hydroxyl groups is 1. The summed E-state index contributed by atoms with van der Waals surface area (Å²) in [5.74, 6) is -2.24. The van der Waals surface area contributed by atoms with E-state index in [0.29, 0.717) is 12.0 Å². The average Bonchev–Trinajstić information content (AvgIpc) is 2.67. The first kappa shape index (κ1) is 22.6. The van der Waals surface area contributed by atoms with Crippen molar-refractivity contribution in [3.8, 4) is 0 Å². The summed E-state index contributed by atoms with van der Waals surface area (Å²) >= 11 is 5.09. The second-order valence-corrected chi connectivity index (χ2v) is 8.47. The molecule has 1 radical (unpaired) electrons. The normalized spacial score (nSPS) is 17.7. The predicted octanol–water partition coefficient (Wildman–Crippen LogP) is 4.43. The first-order valence-corrected chi connectivity index (χ1v) is 10.2. The predicted molar refractivity (Wildman–Crippen MR) is 112 cm³/mol. The molecule has 1 aromatic rings. The van der Waals surface area contributed by atoms with E-state index in [1.165, 1.54) is 18.6 Å². The monoisotopic (exact) mass is 406 g/mol. The van der Waals surface area contributed by atoms with E-state index in [1.54, 1.807) is 26.0 Å². The Hall–Kier alpha value is -1.66. The van der Waals surface area contributed by atoms with Crippen molar-refractivity contribution < 1.29 is 19.1 Å². The summed E-state index contributed by atoms with van der Waals surface area (Å²) in [7, 11) is 0. The number of halogens is 1. The van der Waals surface area contributed by atoms with Crippen molar-refractivity contribution in [3.05, 3.63) is 42.1 Å². The number of carbonyl (C=O) groups excluding carboxylic acids is 2. The van der Waals surface area contributed by atoms with E-state index >= 15 is 0 Å². The van der Waals surface area contributed by atoms with E-state index in [1.807, 2.05) is 6.92 Å². The molecule has 1 aromatic carbocycles. The summed E-state index contributed by atoms with van der Waals surface area (Å²) in [6.07, 6.45) is 4.93. The van der Waals surface area contributed by atoms with Gasteiger partial charge in [0.15, 0.2) is 5.05 Å². The van der Waals surface area contributed by atoms with Gasteiger partial charge in [-0.3, -0.25) is 14.5 Å². The van der Waals surface area contributed by atoms with Gasteiger partial charge in [-0.1, -0.05) is 39.3 Å². The van der Waals surface area contributed by atoms with E-state index in [0.717, 1.165) is 32.4 Å². The van der Waals surface area contributed by atoms with Crippen LogP contribution in [-0.4, -0.2) is 45.8 Å². The lowest BCUT2D eigenvalue weighted by atomic mass is 9.79. The van der Waals surface area contributed by atoms with Crippen LogP contribution in [0.5, 0.6) is 0 Å². The molecule has 0 spiro atoms. The highest BCUT2D eigenvalue weighted by atomic mass is 32.1. The first-order valence-electron chi connectivity index (χ1n) is 9.83. The lowest BCUT2D eigenvalue weighted by molar-refractivity contribution is -0.140. The molecule has 2 atom stereocenters. The Kier molecular flexibility index (Phi) is 7.84. The minimum absolute atomic E-state index is 0.313. The zero-order valence-corrected chi connectivity index (χ0v) is 17.6. The number of hydrogen-bond donors (Lipinski definition) is 1. The fraction of sp³-hybridized carbons (Fsp3) is 0.545. The second-order valence-electron chi connectivity index (χ2n) is 8.06. The van der Waals surface area contributed by atoms with Crippen molar-refractivity contribution in [2.24, 2.45) is 5.41 Å². The third-order valence-corrected chi connectivity index (χ3v) is 5.93. The number of ketones is 2. The fourth-order valence-corrected chi connectivity index (χ4v) is 3.82. The van der Waals surface area contributed by atoms with Crippen molar-refractivity contribution in [1.29, 1.82) is 0 Å². The summed E-state index contributed by atoms with van der Waals surface area (Å²) in [5.41, 5.74) is -0.261. The number of hydrogen-bond acceptors (Lipinski definition) is 4. The number of rotatable bonds is 9. The Morgan fingerprint density at radius 3 is 2.46 bits per heavy atom. The van der Waals surface area contributed by atoms with Gasteiger partial charge in [0.25, 0.3) is 0 Å². The quantitative estimate of drug-likeness (QED) is 0.486. The van der Waals surface area contributed by atoms with Crippen LogP contribution in [0.25, 0.3) is 0 Å². The Morgan fingerprint density at radius 1 is 1.29 bits per heavy atom. The van der Waals surface area contributed by atoms with Crippen molar-refractivity contribution in [2.45, 2.75) is 58.4 Å². The zero-order chi connectivity index (χ0) is 20.9. The van der Waals surface area contributed by atoms with E-state index in [-0.39, 0.29) is 5.05 Å². The van der Waals surface area contributed by atoms with Gasteiger partial charge in [-0.2, -0.15) is 0 Å². The molecule has 1 saturated heterocycles. The summed E-state index contributed by atoms with van der Waals surface area (Å²) in [5, 5.41) is 9.97. The van der Waals surface area contributed by atoms with Gasteiger partial charge in [-0.15, -0.1) is 0 Å². The molecule has 0 bridgehead atoms. The van der Waals surface area contributed by atoms with Crippen LogP contribution in [0.4, 0.5) is 4.39 Å². The number of carbonyl (C=O) groups is 2. The Bertz CT molecular complexity index is 728. The Balaban J connectivity index is 2.38. The number of benzene rings is 1. The summed E-state index contributed by atoms with van der Waals surface area (Å²) in [6.45, 7) is 6.82. The molecule has 0 amide bonds. The number of aliphatic hydroxyl groups excluding tert-OH is 1. The van der Waals surface area contributed by atoms with Crippen LogP contribution in [0, 0.1) is 17.7 Å². The van der Waals surface area contributed by atoms with Crippen LogP contribution in [0.2, 0.25) is 0 Å². The molecule has 2 unspecified atom stereocenters. The minimum Gasteiger partial charge on any atom is -0.501 e. The van der Waals surface area contributed by atoms with Gasteiger partial charge >= 0.3 is 0 Å². The van der Waals surface area contributed by atoms with E-state index in [4.69, 9.17) is 12.2 Å². The van der Waals surface area contributed by atoms with Crippen LogP contribution in [-0.2, 0) is 9.59 Å². The highest BCUT2D eigenvalue weighted by molar-refractivity contribution is 7.80. The molecule has 0 aromatic heterocycles. The van der Waals surface area contributed by atoms with E-state index in [9.17, 15) is 19.1 Å². The number of piperidine rings is 1. The van der Waals surface area contributed by atoms with Crippen molar-refractivity contribution in [2.75, 3.05) is 13.1 Å². The Labute approximate surface area is 172 Å². The summed E-state index contributed by atoms with van der Waals surface area (Å²) in [4.78, 5) is 27.5. The highest BCUT2D eigenvalue weighted by Crippen LogP contribution is 2.31. The Morgan fingerprint density at radius 2 is 1.93 bits per heavy atom. The van der Waals surface area contributed by atoms with Gasteiger partial charge in [0, 0.05) is 11.5 Å². The smallest absolute Gasteiger partial charge is 0.204 e. The van der Waals surface area contributed by atoms with Crippen molar-refractivity contribution in [3.63, 3.8) is 0 Å². The second kappa shape index (κ2) is 9.70. The molecule has 1 heterocycles. The largest absolute Gasteiger partial charge is 0.501 e. The minimum atomic E-state index is -0.759. The maximum atomic E-state index is 13.8. The topological polar surface area (TPSA) is 57.6 Å². The molecular formula is C22H29FNO3S. The molecule has 28 heavy (non-hydrogen) atoms. The molecule has 1 aliphatic heterocycles. The van der Waals surface area contributed by atoms with Crippen LogP contribution in [0.15, 0.2) is 24.3 Å².